The average molecular weight is 493 g/mol. The molecule has 0 bridgehead atoms. The summed E-state index contributed by atoms with van der Waals surface area (Å²) in [5.74, 6) is 0.0612. The number of hydrogen-bond donors (Lipinski definition) is 3. The first-order valence-electron chi connectivity index (χ1n) is 10.4. The molecular formula is C24H24BN3O4S2. The Morgan fingerprint density at radius 1 is 1.03 bits per heavy atom. The van der Waals surface area contributed by atoms with Crippen LogP contribution in [0.1, 0.15) is 28.4 Å². The van der Waals surface area contributed by atoms with E-state index in [0.717, 1.165) is 11.1 Å². The van der Waals surface area contributed by atoms with Crippen molar-refractivity contribution in [3.05, 3.63) is 77.4 Å². The molecule has 1 amide bonds. The quantitative estimate of drug-likeness (QED) is 0.345. The van der Waals surface area contributed by atoms with Crippen LogP contribution < -0.4 is 25.6 Å². The molecule has 0 saturated heterocycles. The zero-order valence-corrected chi connectivity index (χ0v) is 20.6. The molecule has 3 aromatic rings. The number of thiocarbonyl (C=S) groups is 1. The lowest BCUT2D eigenvalue weighted by atomic mass is 9.93. The third kappa shape index (κ3) is 6.15. The molecule has 0 fully saturated rings. The first-order chi connectivity index (χ1) is 16.1. The second-order valence-electron chi connectivity index (χ2n) is 7.49. The Morgan fingerprint density at radius 3 is 2.26 bits per heavy atom. The average Bonchev–Trinajstić information content (AvgIpc) is 2.78. The molecule has 0 heterocycles. The number of carbonyl (C=O) groups is 1. The Hall–Kier alpha value is -3.37. The summed E-state index contributed by atoms with van der Waals surface area (Å²) in [5, 5.41) is 5.49. The zero-order chi connectivity index (χ0) is 24.9. The van der Waals surface area contributed by atoms with Gasteiger partial charge in [0.25, 0.3) is 15.9 Å². The zero-order valence-electron chi connectivity index (χ0n) is 19.0. The normalized spacial score (nSPS) is 10.9. The van der Waals surface area contributed by atoms with Crippen LogP contribution in [0.2, 0.25) is 0 Å². The van der Waals surface area contributed by atoms with Crippen molar-refractivity contribution in [3.8, 4) is 5.75 Å². The van der Waals surface area contributed by atoms with Gasteiger partial charge < -0.3 is 10.1 Å². The summed E-state index contributed by atoms with van der Waals surface area (Å²) in [4.78, 5) is 12.6. The number of aryl methyl sites for hydroxylation is 2. The second kappa shape index (κ2) is 10.7. The maximum atomic E-state index is 12.8. The SMILES string of the molecule is [B]c1cc(C(=O)NC(=S)Nc2ccc(S(=O)(=O)Nc3c(C)cccc3C)cc2)ccc1OCC. The lowest BCUT2D eigenvalue weighted by molar-refractivity contribution is 0.0978. The van der Waals surface area contributed by atoms with E-state index in [9.17, 15) is 13.2 Å². The van der Waals surface area contributed by atoms with E-state index >= 15 is 0 Å². The van der Waals surface area contributed by atoms with Gasteiger partial charge in [0.1, 0.15) is 13.6 Å². The van der Waals surface area contributed by atoms with E-state index in [2.05, 4.69) is 15.4 Å². The number of anilines is 2. The van der Waals surface area contributed by atoms with Crippen LogP contribution in [0.25, 0.3) is 0 Å². The van der Waals surface area contributed by atoms with Crippen LogP contribution in [-0.4, -0.2) is 33.9 Å². The third-order valence-electron chi connectivity index (χ3n) is 4.94. The van der Waals surface area contributed by atoms with Gasteiger partial charge in [-0.3, -0.25) is 14.8 Å². The predicted octanol–water partition coefficient (Wildman–Crippen LogP) is 3.42. The Kier molecular flexibility index (Phi) is 7.96. The predicted molar refractivity (Wildman–Crippen MR) is 140 cm³/mol. The molecule has 7 nitrogen and oxygen atoms in total. The molecule has 34 heavy (non-hydrogen) atoms. The molecule has 3 aromatic carbocycles. The van der Waals surface area contributed by atoms with E-state index < -0.39 is 15.9 Å². The fourth-order valence-corrected chi connectivity index (χ4v) is 4.61. The highest BCUT2D eigenvalue weighted by atomic mass is 32.2. The van der Waals surface area contributed by atoms with Gasteiger partial charge in [-0.15, -0.1) is 0 Å². The topological polar surface area (TPSA) is 96.5 Å². The molecular weight excluding hydrogens is 469 g/mol. The summed E-state index contributed by atoms with van der Waals surface area (Å²) in [6.45, 7) is 5.99. The molecule has 0 unspecified atom stereocenters. The van der Waals surface area contributed by atoms with Gasteiger partial charge in [-0.2, -0.15) is 0 Å². The maximum absolute atomic E-state index is 12.8. The fraction of sp³-hybridized carbons (Fsp3) is 0.167. The van der Waals surface area contributed by atoms with Crippen LogP contribution in [0.4, 0.5) is 11.4 Å². The smallest absolute Gasteiger partial charge is 0.261 e. The van der Waals surface area contributed by atoms with Gasteiger partial charge in [-0.1, -0.05) is 29.7 Å². The number of nitrogens with one attached hydrogen (secondary N) is 3. The number of hydrogen-bond acceptors (Lipinski definition) is 5. The van der Waals surface area contributed by atoms with Gasteiger partial charge in [0.15, 0.2) is 5.11 Å². The number of carbonyl (C=O) groups excluding carboxylic acids is 1. The number of amides is 1. The van der Waals surface area contributed by atoms with Gasteiger partial charge in [-0.25, -0.2) is 8.42 Å². The van der Waals surface area contributed by atoms with Crippen molar-refractivity contribution in [2.75, 3.05) is 16.6 Å². The molecule has 0 aliphatic carbocycles. The molecule has 3 N–H and O–H groups in total. The van der Waals surface area contributed by atoms with Gasteiger partial charge in [-0.05, 0) is 80.5 Å². The van der Waals surface area contributed by atoms with E-state index in [1.165, 1.54) is 18.2 Å². The Balaban J connectivity index is 1.64. The van der Waals surface area contributed by atoms with Crippen LogP contribution in [0.5, 0.6) is 5.75 Å². The number of sulfonamides is 1. The molecule has 0 saturated carbocycles. The van der Waals surface area contributed by atoms with Crippen molar-refractivity contribution in [3.63, 3.8) is 0 Å². The van der Waals surface area contributed by atoms with Crippen LogP contribution in [-0.2, 0) is 10.0 Å². The highest BCUT2D eigenvalue weighted by molar-refractivity contribution is 7.92. The highest BCUT2D eigenvalue weighted by Crippen LogP contribution is 2.24. The third-order valence-corrected chi connectivity index (χ3v) is 6.51. The molecule has 3 rings (SSSR count). The maximum Gasteiger partial charge on any atom is 0.261 e. The van der Waals surface area contributed by atoms with Crippen LogP contribution >= 0.6 is 12.2 Å². The fourth-order valence-electron chi connectivity index (χ4n) is 3.20. The van der Waals surface area contributed by atoms with Gasteiger partial charge >= 0.3 is 0 Å². The molecule has 174 valence electrons. The summed E-state index contributed by atoms with van der Waals surface area (Å²) in [5.41, 5.74) is 3.41. The van der Waals surface area contributed by atoms with Crippen LogP contribution in [0.15, 0.2) is 65.6 Å². The molecule has 10 heteroatoms. The Bertz CT molecular complexity index is 1310. The number of para-hydroxylation sites is 1. The highest BCUT2D eigenvalue weighted by Gasteiger charge is 2.17. The minimum absolute atomic E-state index is 0.0572. The minimum atomic E-state index is -3.77. The summed E-state index contributed by atoms with van der Waals surface area (Å²) in [6, 6.07) is 16.3. The van der Waals surface area contributed by atoms with E-state index in [-0.39, 0.29) is 10.0 Å². The molecule has 0 aliphatic heterocycles. The Morgan fingerprint density at radius 2 is 1.68 bits per heavy atom. The van der Waals surface area contributed by atoms with Gasteiger partial charge in [0.2, 0.25) is 0 Å². The van der Waals surface area contributed by atoms with Crippen molar-refractivity contribution in [1.29, 1.82) is 0 Å². The van der Waals surface area contributed by atoms with E-state index in [0.29, 0.717) is 34.8 Å². The van der Waals surface area contributed by atoms with Crippen molar-refractivity contribution >= 4 is 57.9 Å². The lowest BCUT2D eigenvalue weighted by Crippen LogP contribution is -2.34. The monoisotopic (exact) mass is 493 g/mol. The first kappa shape index (κ1) is 25.3. The van der Waals surface area contributed by atoms with E-state index in [4.69, 9.17) is 24.8 Å². The summed E-state index contributed by atoms with van der Waals surface area (Å²) < 4.78 is 33.6. The number of ether oxygens (including phenoxy) is 1. The van der Waals surface area contributed by atoms with Crippen molar-refractivity contribution < 1.29 is 17.9 Å². The molecule has 0 atom stereocenters. The van der Waals surface area contributed by atoms with Crippen LogP contribution in [0, 0.1) is 13.8 Å². The van der Waals surface area contributed by atoms with Crippen molar-refractivity contribution in [2.45, 2.75) is 25.7 Å². The van der Waals surface area contributed by atoms with Crippen LogP contribution in [0.3, 0.4) is 0 Å². The van der Waals surface area contributed by atoms with Gasteiger partial charge in [0.05, 0.1) is 17.2 Å². The van der Waals surface area contributed by atoms with Crippen molar-refractivity contribution in [2.24, 2.45) is 0 Å². The molecule has 0 aromatic heterocycles. The first-order valence-corrected chi connectivity index (χ1v) is 12.3. The summed E-state index contributed by atoms with van der Waals surface area (Å²) in [7, 11) is 2.13. The number of rotatable bonds is 7. The molecule has 0 spiro atoms. The summed E-state index contributed by atoms with van der Waals surface area (Å²) >= 11 is 5.20. The standard InChI is InChI=1S/C24H24BN3O4S2/c1-4-32-21-13-8-17(14-20(21)25)23(29)27-24(33)26-18-9-11-19(12-10-18)34(30,31)28-22-15(2)6-5-7-16(22)3/h5-14,28H,4H2,1-3H3,(H2,26,27,29,33). The minimum Gasteiger partial charge on any atom is -0.495 e. The Labute approximate surface area is 206 Å². The van der Waals surface area contributed by atoms with Gasteiger partial charge in [0, 0.05) is 11.3 Å². The number of benzene rings is 3. The second-order valence-corrected chi connectivity index (χ2v) is 9.58. The lowest BCUT2D eigenvalue weighted by Gasteiger charge is -2.14. The van der Waals surface area contributed by atoms with E-state index in [1.807, 2.05) is 39.0 Å². The largest absolute Gasteiger partial charge is 0.495 e. The van der Waals surface area contributed by atoms with E-state index in [1.54, 1.807) is 24.3 Å². The molecule has 0 aliphatic rings. The van der Waals surface area contributed by atoms with Crippen molar-refractivity contribution in [1.82, 2.24) is 5.32 Å². The summed E-state index contributed by atoms with van der Waals surface area (Å²) in [6.07, 6.45) is 0. The molecule has 2 radical (unpaired) electrons.